The molecule has 3 heterocycles. The van der Waals surface area contributed by atoms with Crippen molar-refractivity contribution in [1.82, 2.24) is 24.9 Å². The van der Waals surface area contributed by atoms with E-state index in [1.54, 1.807) is 23.3 Å². The molecule has 33 heavy (non-hydrogen) atoms. The minimum absolute atomic E-state index is 0.0232. The average Bonchev–Trinajstić information content (AvgIpc) is 3.43. The Morgan fingerprint density at radius 1 is 1.15 bits per heavy atom. The van der Waals surface area contributed by atoms with Gasteiger partial charge in [0.2, 0.25) is 5.91 Å². The van der Waals surface area contributed by atoms with Gasteiger partial charge in [0.25, 0.3) is 0 Å². The fraction of sp³-hybridized carbons (Fsp3) is 0.375. The molecule has 1 aromatic carbocycles. The third-order valence-corrected chi connectivity index (χ3v) is 5.55. The Bertz CT molecular complexity index is 1290. The van der Waals surface area contributed by atoms with Crippen molar-refractivity contribution >= 4 is 27.8 Å². The summed E-state index contributed by atoms with van der Waals surface area (Å²) in [6.07, 6.45) is 4.87. The van der Waals surface area contributed by atoms with Gasteiger partial charge in [0.15, 0.2) is 0 Å². The van der Waals surface area contributed by atoms with Gasteiger partial charge in [-0.25, -0.2) is 4.79 Å². The van der Waals surface area contributed by atoms with Gasteiger partial charge in [0.05, 0.1) is 24.2 Å². The molecule has 1 N–H and O–H groups in total. The Morgan fingerprint density at radius 3 is 2.76 bits per heavy atom. The molecule has 9 heteroatoms. The van der Waals surface area contributed by atoms with Crippen molar-refractivity contribution in [3.8, 4) is 0 Å². The fourth-order valence-corrected chi connectivity index (χ4v) is 3.81. The molecule has 0 saturated carbocycles. The molecule has 0 radical (unpaired) electrons. The van der Waals surface area contributed by atoms with Crippen LogP contribution in [0.5, 0.6) is 0 Å². The first-order valence-corrected chi connectivity index (χ1v) is 10.9. The molecule has 0 aliphatic rings. The van der Waals surface area contributed by atoms with E-state index in [-0.39, 0.29) is 12.5 Å². The van der Waals surface area contributed by atoms with Gasteiger partial charge in [-0.15, -0.1) is 0 Å². The number of aryl methyl sites for hydroxylation is 1. The van der Waals surface area contributed by atoms with E-state index in [0.29, 0.717) is 29.6 Å². The molecule has 174 valence electrons. The largest absolute Gasteiger partial charge is 0.472 e. The predicted octanol–water partition coefficient (Wildman–Crippen LogP) is 2.22. The summed E-state index contributed by atoms with van der Waals surface area (Å²) in [5, 5.41) is 8.40. The van der Waals surface area contributed by atoms with E-state index in [9.17, 15) is 9.59 Å². The SMILES string of the molecule is Cc1ccc2oc(=O)c3cnn(CC(=O)NCCN(CCN(C)C)Cc4ccoc4)c3c2c1. The highest BCUT2D eigenvalue weighted by molar-refractivity contribution is 6.02. The van der Waals surface area contributed by atoms with Crippen LogP contribution in [0.25, 0.3) is 21.9 Å². The van der Waals surface area contributed by atoms with Crippen molar-refractivity contribution in [2.75, 3.05) is 40.3 Å². The van der Waals surface area contributed by atoms with Crippen LogP contribution in [-0.2, 0) is 17.9 Å². The van der Waals surface area contributed by atoms with Gasteiger partial charge < -0.3 is 19.1 Å². The number of amides is 1. The third-order valence-electron chi connectivity index (χ3n) is 5.55. The monoisotopic (exact) mass is 451 g/mol. The number of hydrogen-bond acceptors (Lipinski definition) is 7. The van der Waals surface area contributed by atoms with E-state index in [2.05, 4.69) is 20.2 Å². The van der Waals surface area contributed by atoms with E-state index >= 15 is 0 Å². The van der Waals surface area contributed by atoms with Crippen LogP contribution in [0.1, 0.15) is 11.1 Å². The number of likely N-dealkylation sites (N-methyl/N-ethyl adjacent to an activating group) is 1. The Morgan fingerprint density at radius 2 is 2.00 bits per heavy atom. The van der Waals surface area contributed by atoms with Crippen molar-refractivity contribution in [3.63, 3.8) is 0 Å². The molecule has 4 rings (SSSR count). The van der Waals surface area contributed by atoms with Crippen LogP contribution in [0.4, 0.5) is 0 Å². The van der Waals surface area contributed by atoms with Gasteiger partial charge in [0, 0.05) is 43.7 Å². The first kappa shape index (κ1) is 22.8. The quantitative estimate of drug-likeness (QED) is 0.369. The van der Waals surface area contributed by atoms with E-state index in [1.807, 2.05) is 39.2 Å². The number of hydrogen-bond donors (Lipinski definition) is 1. The number of rotatable bonds is 10. The lowest BCUT2D eigenvalue weighted by molar-refractivity contribution is -0.121. The van der Waals surface area contributed by atoms with Crippen LogP contribution in [0, 0.1) is 6.92 Å². The number of fused-ring (bicyclic) bond motifs is 3. The first-order valence-electron chi connectivity index (χ1n) is 10.9. The highest BCUT2D eigenvalue weighted by atomic mass is 16.4. The minimum atomic E-state index is -0.455. The average molecular weight is 452 g/mol. The topological polar surface area (TPSA) is 96.7 Å². The van der Waals surface area contributed by atoms with E-state index < -0.39 is 5.63 Å². The van der Waals surface area contributed by atoms with Gasteiger partial charge >= 0.3 is 5.63 Å². The molecular formula is C24H29N5O4. The summed E-state index contributed by atoms with van der Waals surface area (Å²) in [6.45, 7) is 5.75. The smallest absolute Gasteiger partial charge is 0.347 e. The van der Waals surface area contributed by atoms with Crippen molar-refractivity contribution in [3.05, 3.63) is 64.5 Å². The lowest BCUT2D eigenvalue weighted by Gasteiger charge is -2.23. The minimum Gasteiger partial charge on any atom is -0.472 e. The van der Waals surface area contributed by atoms with Crippen molar-refractivity contribution in [2.24, 2.45) is 0 Å². The second kappa shape index (κ2) is 10.0. The summed E-state index contributed by atoms with van der Waals surface area (Å²) in [5.41, 5.74) is 2.78. The zero-order valence-electron chi connectivity index (χ0n) is 19.2. The summed E-state index contributed by atoms with van der Waals surface area (Å²) in [6, 6.07) is 7.54. The van der Waals surface area contributed by atoms with Crippen LogP contribution in [0.3, 0.4) is 0 Å². The summed E-state index contributed by atoms with van der Waals surface area (Å²) in [7, 11) is 4.08. The Hall–Kier alpha value is -3.43. The molecule has 0 unspecified atom stereocenters. The number of furan rings is 1. The van der Waals surface area contributed by atoms with Gasteiger partial charge in [-0.2, -0.15) is 5.10 Å². The van der Waals surface area contributed by atoms with Gasteiger partial charge in [-0.3, -0.25) is 14.4 Å². The molecule has 3 aromatic heterocycles. The normalized spacial score (nSPS) is 11.8. The first-order chi connectivity index (χ1) is 15.9. The second-order valence-electron chi connectivity index (χ2n) is 8.51. The van der Waals surface area contributed by atoms with Crippen molar-refractivity contribution in [2.45, 2.75) is 20.0 Å². The fourth-order valence-electron chi connectivity index (χ4n) is 3.81. The maximum Gasteiger partial charge on any atom is 0.347 e. The zero-order chi connectivity index (χ0) is 23.4. The predicted molar refractivity (Wildman–Crippen MR) is 126 cm³/mol. The standard InChI is InChI=1S/C24H29N5O4/c1-17-4-5-21-19(12-17)23-20(24(31)33-21)13-26-29(23)15-22(30)25-7-8-28(10-9-27(2)3)14-18-6-11-32-16-18/h4-6,11-13,16H,7-10,14-15H2,1-3H3,(H,25,30). The highest BCUT2D eigenvalue weighted by Gasteiger charge is 2.15. The van der Waals surface area contributed by atoms with E-state index in [4.69, 9.17) is 8.83 Å². The number of carbonyl (C=O) groups is 1. The Kier molecular flexibility index (Phi) is 6.90. The summed E-state index contributed by atoms with van der Waals surface area (Å²) >= 11 is 0. The van der Waals surface area contributed by atoms with Crippen molar-refractivity contribution < 1.29 is 13.6 Å². The molecule has 9 nitrogen and oxygen atoms in total. The van der Waals surface area contributed by atoms with Crippen LogP contribution in [-0.4, -0.2) is 65.8 Å². The summed E-state index contributed by atoms with van der Waals surface area (Å²) in [4.78, 5) is 29.4. The molecule has 0 fully saturated rings. The lowest BCUT2D eigenvalue weighted by Crippen LogP contribution is -2.38. The maximum absolute atomic E-state index is 12.7. The Labute approximate surface area is 191 Å². The highest BCUT2D eigenvalue weighted by Crippen LogP contribution is 2.23. The molecule has 0 bridgehead atoms. The van der Waals surface area contributed by atoms with E-state index in [0.717, 1.165) is 36.1 Å². The molecule has 0 aliphatic heterocycles. The van der Waals surface area contributed by atoms with Gasteiger partial charge in [-0.05, 0) is 39.2 Å². The van der Waals surface area contributed by atoms with Gasteiger partial charge in [0.1, 0.15) is 17.5 Å². The molecule has 4 aromatic rings. The number of nitrogens with one attached hydrogen (secondary N) is 1. The van der Waals surface area contributed by atoms with Crippen molar-refractivity contribution in [1.29, 1.82) is 0 Å². The number of benzene rings is 1. The summed E-state index contributed by atoms with van der Waals surface area (Å²) < 4.78 is 12.1. The van der Waals surface area contributed by atoms with Crippen LogP contribution in [0.2, 0.25) is 0 Å². The van der Waals surface area contributed by atoms with Crippen LogP contribution < -0.4 is 10.9 Å². The third kappa shape index (κ3) is 5.50. The Balaban J connectivity index is 1.42. The molecule has 1 amide bonds. The molecule has 0 atom stereocenters. The molecular weight excluding hydrogens is 422 g/mol. The summed E-state index contributed by atoms with van der Waals surface area (Å²) in [5.74, 6) is -0.162. The van der Waals surface area contributed by atoms with Gasteiger partial charge in [-0.1, -0.05) is 11.6 Å². The maximum atomic E-state index is 12.7. The molecule has 0 saturated heterocycles. The van der Waals surface area contributed by atoms with E-state index in [1.165, 1.54) is 6.20 Å². The van der Waals surface area contributed by atoms with Crippen LogP contribution in [0.15, 0.2) is 56.6 Å². The zero-order valence-corrected chi connectivity index (χ0v) is 19.2. The number of aromatic nitrogens is 2. The number of nitrogens with zero attached hydrogens (tertiary/aromatic N) is 4. The van der Waals surface area contributed by atoms with Crippen LogP contribution >= 0.6 is 0 Å². The second-order valence-corrected chi connectivity index (χ2v) is 8.51. The lowest BCUT2D eigenvalue weighted by atomic mass is 10.1. The number of carbonyl (C=O) groups excluding carboxylic acids is 1. The molecule has 0 aliphatic carbocycles. The molecule has 0 spiro atoms.